The average molecular weight is 288 g/mol. The van der Waals surface area contributed by atoms with E-state index in [0.717, 1.165) is 5.56 Å². The Kier molecular flexibility index (Phi) is 6.66. The van der Waals surface area contributed by atoms with E-state index in [2.05, 4.69) is 6.58 Å². The highest BCUT2D eigenvalue weighted by Crippen LogP contribution is 2.10. The topological polar surface area (TPSA) is 40.6 Å². The molecule has 2 amide bonds. The average Bonchev–Trinajstić information content (AvgIpc) is 2.49. The van der Waals surface area contributed by atoms with Crippen LogP contribution >= 0.6 is 0 Å². The van der Waals surface area contributed by atoms with Gasteiger partial charge in [0.1, 0.15) is 0 Å². The summed E-state index contributed by atoms with van der Waals surface area (Å²) < 4.78 is 0. The Balaban J connectivity index is 2.71. The lowest BCUT2D eigenvalue weighted by Crippen LogP contribution is -2.30. The zero-order valence-electron chi connectivity index (χ0n) is 13.1. The summed E-state index contributed by atoms with van der Waals surface area (Å²) in [7, 11) is 3.46. The molecule has 0 bridgehead atoms. The Labute approximate surface area is 127 Å². The van der Waals surface area contributed by atoms with Gasteiger partial charge in [-0.1, -0.05) is 18.2 Å². The standard InChI is InChI=1S/C17H24N2O2/c1-5-7-8-16(20)19(6-2)13-14-9-11-15(12-10-14)17(21)18(3)4/h5,9-12H,1,6-8,13H2,2-4H3. The second-order valence-electron chi connectivity index (χ2n) is 5.13. The second-order valence-corrected chi connectivity index (χ2v) is 5.13. The van der Waals surface area contributed by atoms with Gasteiger partial charge in [0, 0.05) is 39.2 Å². The second kappa shape index (κ2) is 8.25. The first-order valence-electron chi connectivity index (χ1n) is 7.18. The number of carbonyl (C=O) groups is 2. The van der Waals surface area contributed by atoms with Crippen LogP contribution in [-0.2, 0) is 11.3 Å². The van der Waals surface area contributed by atoms with Gasteiger partial charge in [0.15, 0.2) is 0 Å². The molecule has 0 spiro atoms. The fraction of sp³-hybridized carbons (Fsp3) is 0.412. The molecule has 0 aliphatic heterocycles. The van der Waals surface area contributed by atoms with Crippen molar-refractivity contribution in [3.05, 3.63) is 48.0 Å². The van der Waals surface area contributed by atoms with Crippen LogP contribution in [0.1, 0.15) is 35.7 Å². The van der Waals surface area contributed by atoms with Crippen molar-refractivity contribution in [2.24, 2.45) is 0 Å². The lowest BCUT2D eigenvalue weighted by Gasteiger charge is -2.21. The molecule has 21 heavy (non-hydrogen) atoms. The van der Waals surface area contributed by atoms with Gasteiger partial charge in [-0.25, -0.2) is 0 Å². The van der Waals surface area contributed by atoms with E-state index in [1.54, 1.807) is 37.2 Å². The third-order valence-corrected chi connectivity index (χ3v) is 3.28. The van der Waals surface area contributed by atoms with E-state index in [-0.39, 0.29) is 11.8 Å². The molecule has 0 aliphatic carbocycles. The van der Waals surface area contributed by atoms with Crippen molar-refractivity contribution in [1.29, 1.82) is 0 Å². The molecule has 1 aromatic carbocycles. The normalized spacial score (nSPS) is 10.0. The first kappa shape index (κ1) is 17.0. The van der Waals surface area contributed by atoms with Crippen molar-refractivity contribution >= 4 is 11.8 Å². The molecule has 4 heteroatoms. The van der Waals surface area contributed by atoms with E-state index in [1.807, 2.05) is 24.0 Å². The first-order valence-corrected chi connectivity index (χ1v) is 7.18. The molecular weight excluding hydrogens is 264 g/mol. The maximum absolute atomic E-state index is 12.0. The number of amides is 2. The molecule has 0 saturated heterocycles. The molecule has 114 valence electrons. The molecule has 0 heterocycles. The summed E-state index contributed by atoms with van der Waals surface area (Å²) in [6, 6.07) is 7.42. The molecule has 0 atom stereocenters. The number of hydrogen-bond donors (Lipinski definition) is 0. The third-order valence-electron chi connectivity index (χ3n) is 3.28. The molecule has 0 aromatic heterocycles. The van der Waals surface area contributed by atoms with E-state index in [4.69, 9.17) is 0 Å². The van der Waals surface area contributed by atoms with Crippen LogP contribution < -0.4 is 0 Å². The molecule has 1 rings (SSSR count). The van der Waals surface area contributed by atoms with Gasteiger partial charge >= 0.3 is 0 Å². The monoisotopic (exact) mass is 288 g/mol. The number of hydrogen-bond acceptors (Lipinski definition) is 2. The highest BCUT2D eigenvalue weighted by atomic mass is 16.2. The van der Waals surface area contributed by atoms with Crippen molar-refractivity contribution in [3.63, 3.8) is 0 Å². The Bertz CT molecular complexity index is 492. The summed E-state index contributed by atoms with van der Waals surface area (Å²) in [6.45, 7) is 6.85. The van der Waals surface area contributed by atoms with E-state index in [0.29, 0.717) is 31.5 Å². The van der Waals surface area contributed by atoms with E-state index >= 15 is 0 Å². The summed E-state index contributed by atoms with van der Waals surface area (Å²) in [5.41, 5.74) is 1.68. The highest BCUT2D eigenvalue weighted by molar-refractivity contribution is 5.93. The van der Waals surface area contributed by atoms with Gasteiger partial charge in [0.05, 0.1) is 0 Å². The van der Waals surface area contributed by atoms with Gasteiger partial charge in [-0.3, -0.25) is 9.59 Å². The molecule has 0 radical (unpaired) electrons. The fourth-order valence-corrected chi connectivity index (χ4v) is 1.99. The Morgan fingerprint density at radius 2 is 1.81 bits per heavy atom. The molecule has 0 aliphatic rings. The lowest BCUT2D eigenvalue weighted by molar-refractivity contribution is -0.131. The van der Waals surface area contributed by atoms with Gasteiger partial charge in [-0.15, -0.1) is 6.58 Å². The first-order chi connectivity index (χ1) is 9.99. The minimum atomic E-state index is -0.0176. The summed E-state index contributed by atoms with van der Waals surface area (Å²) in [5, 5.41) is 0. The number of carbonyl (C=O) groups excluding carboxylic acids is 2. The Morgan fingerprint density at radius 3 is 2.29 bits per heavy atom. The Hall–Kier alpha value is -2.10. The summed E-state index contributed by atoms with van der Waals surface area (Å²) in [6.07, 6.45) is 2.95. The van der Waals surface area contributed by atoms with Crippen LogP contribution in [0.3, 0.4) is 0 Å². The molecule has 4 nitrogen and oxygen atoms in total. The highest BCUT2D eigenvalue weighted by Gasteiger charge is 2.12. The zero-order chi connectivity index (χ0) is 15.8. The van der Waals surface area contributed by atoms with Gasteiger partial charge in [0.2, 0.25) is 5.91 Å². The predicted octanol–water partition coefficient (Wildman–Crippen LogP) is 2.70. The van der Waals surface area contributed by atoms with Crippen LogP contribution in [0, 0.1) is 0 Å². The SMILES string of the molecule is C=CCCC(=O)N(CC)Cc1ccc(C(=O)N(C)C)cc1. The summed E-state index contributed by atoms with van der Waals surface area (Å²) >= 11 is 0. The fourth-order valence-electron chi connectivity index (χ4n) is 1.99. The number of allylic oxidation sites excluding steroid dienone is 1. The van der Waals surface area contributed by atoms with Crippen LogP contribution in [0.4, 0.5) is 0 Å². The predicted molar refractivity (Wildman–Crippen MR) is 85.0 cm³/mol. The largest absolute Gasteiger partial charge is 0.345 e. The van der Waals surface area contributed by atoms with Crippen molar-refractivity contribution in [2.75, 3.05) is 20.6 Å². The van der Waals surface area contributed by atoms with E-state index in [1.165, 1.54) is 0 Å². The molecule has 1 aromatic rings. The van der Waals surface area contributed by atoms with Crippen LogP contribution in [0.25, 0.3) is 0 Å². The van der Waals surface area contributed by atoms with Crippen molar-refractivity contribution in [1.82, 2.24) is 9.80 Å². The third kappa shape index (κ3) is 5.06. The summed E-state index contributed by atoms with van der Waals surface area (Å²) in [4.78, 5) is 27.2. The molecule has 0 N–H and O–H groups in total. The van der Waals surface area contributed by atoms with Crippen LogP contribution in [0.5, 0.6) is 0 Å². The minimum Gasteiger partial charge on any atom is -0.345 e. The smallest absolute Gasteiger partial charge is 0.253 e. The van der Waals surface area contributed by atoms with Gasteiger partial charge < -0.3 is 9.80 Å². The van der Waals surface area contributed by atoms with Gasteiger partial charge in [-0.2, -0.15) is 0 Å². The van der Waals surface area contributed by atoms with Crippen LogP contribution in [-0.4, -0.2) is 42.3 Å². The van der Waals surface area contributed by atoms with Crippen molar-refractivity contribution in [3.8, 4) is 0 Å². The molecule has 0 saturated carbocycles. The number of rotatable bonds is 7. The summed E-state index contributed by atoms with van der Waals surface area (Å²) in [5.74, 6) is 0.113. The van der Waals surface area contributed by atoms with Crippen molar-refractivity contribution in [2.45, 2.75) is 26.3 Å². The lowest BCUT2D eigenvalue weighted by atomic mass is 10.1. The van der Waals surface area contributed by atoms with Gasteiger partial charge in [-0.05, 0) is 31.0 Å². The quantitative estimate of drug-likeness (QED) is 0.724. The van der Waals surface area contributed by atoms with Crippen molar-refractivity contribution < 1.29 is 9.59 Å². The minimum absolute atomic E-state index is 0.0176. The van der Waals surface area contributed by atoms with Gasteiger partial charge in [0.25, 0.3) is 5.91 Å². The number of nitrogens with zero attached hydrogens (tertiary/aromatic N) is 2. The number of benzene rings is 1. The molecule has 0 unspecified atom stereocenters. The van der Waals surface area contributed by atoms with Crippen LogP contribution in [0.2, 0.25) is 0 Å². The maximum Gasteiger partial charge on any atom is 0.253 e. The van der Waals surface area contributed by atoms with E-state index < -0.39 is 0 Å². The molecular formula is C17H24N2O2. The Morgan fingerprint density at radius 1 is 1.19 bits per heavy atom. The molecule has 0 fully saturated rings. The van der Waals surface area contributed by atoms with E-state index in [9.17, 15) is 9.59 Å². The maximum atomic E-state index is 12.0. The van der Waals surface area contributed by atoms with Crippen LogP contribution in [0.15, 0.2) is 36.9 Å². The zero-order valence-corrected chi connectivity index (χ0v) is 13.1.